The third-order valence-electron chi connectivity index (χ3n) is 7.83. The van der Waals surface area contributed by atoms with Gasteiger partial charge in [-0.25, -0.2) is 9.97 Å². The molecule has 31 heavy (non-hydrogen) atoms. The number of anilines is 1. The van der Waals surface area contributed by atoms with Gasteiger partial charge < -0.3 is 24.3 Å². The Labute approximate surface area is 183 Å². The summed E-state index contributed by atoms with van der Waals surface area (Å²) in [6.07, 6.45) is 14.6. The molecular formula is C23H32N6O2. The Morgan fingerprint density at radius 2 is 1.90 bits per heavy atom. The van der Waals surface area contributed by atoms with Gasteiger partial charge in [-0.2, -0.15) is 0 Å². The summed E-state index contributed by atoms with van der Waals surface area (Å²) in [4.78, 5) is 26.4. The average molecular weight is 425 g/mol. The fraction of sp³-hybridized carbons (Fsp3) is 0.696. The van der Waals surface area contributed by atoms with Crippen LogP contribution in [-0.4, -0.2) is 76.1 Å². The standard InChI is InChI=1S/C23H32N6O2/c30-23(19-13-18-1-2-20(19)31-18)28-8-3-16(4-9-28)14-26-17-5-10-29(15-17)22-21-24-6-11-27(21)12-7-25-22/h6-7,11-12,16-20,26H,1-5,8-10,13-15H2/t17-,18-,19-,20+/m0/s1. The van der Waals surface area contributed by atoms with Crippen LogP contribution < -0.4 is 10.2 Å². The maximum absolute atomic E-state index is 12.9. The molecule has 2 aromatic rings. The fourth-order valence-electron chi connectivity index (χ4n) is 6.01. The van der Waals surface area contributed by atoms with E-state index < -0.39 is 0 Å². The fourth-order valence-corrected chi connectivity index (χ4v) is 6.01. The Morgan fingerprint density at radius 1 is 1.06 bits per heavy atom. The maximum Gasteiger partial charge on any atom is 0.228 e. The molecule has 0 unspecified atom stereocenters. The largest absolute Gasteiger partial charge is 0.374 e. The predicted octanol–water partition coefficient (Wildman–Crippen LogP) is 1.70. The molecule has 4 aliphatic heterocycles. The van der Waals surface area contributed by atoms with Crippen LogP contribution >= 0.6 is 0 Å². The number of hydrogen-bond acceptors (Lipinski definition) is 6. The number of amides is 1. The van der Waals surface area contributed by atoms with E-state index >= 15 is 0 Å². The van der Waals surface area contributed by atoms with E-state index in [-0.39, 0.29) is 12.0 Å². The molecule has 2 bridgehead atoms. The van der Waals surface area contributed by atoms with Gasteiger partial charge >= 0.3 is 0 Å². The van der Waals surface area contributed by atoms with Crippen molar-refractivity contribution in [2.24, 2.45) is 11.8 Å². The molecule has 0 spiro atoms. The maximum atomic E-state index is 12.9. The van der Waals surface area contributed by atoms with E-state index in [1.807, 2.05) is 29.2 Å². The summed E-state index contributed by atoms with van der Waals surface area (Å²) < 4.78 is 7.93. The van der Waals surface area contributed by atoms with Gasteiger partial charge in [0.25, 0.3) is 0 Å². The third kappa shape index (κ3) is 3.69. The Morgan fingerprint density at radius 3 is 2.68 bits per heavy atom. The van der Waals surface area contributed by atoms with Gasteiger partial charge in [0.2, 0.25) is 5.91 Å². The van der Waals surface area contributed by atoms with Crippen molar-refractivity contribution in [2.75, 3.05) is 37.6 Å². The molecule has 8 heteroatoms. The van der Waals surface area contributed by atoms with Gasteiger partial charge in [-0.1, -0.05) is 0 Å². The molecule has 2 aromatic heterocycles. The van der Waals surface area contributed by atoms with Gasteiger partial charge in [0.05, 0.1) is 18.1 Å². The van der Waals surface area contributed by atoms with Crippen molar-refractivity contribution in [3.63, 3.8) is 0 Å². The zero-order valence-corrected chi connectivity index (χ0v) is 18.0. The van der Waals surface area contributed by atoms with Crippen LogP contribution in [0.5, 0.6) is 0 Å². The second-order valence-electron chi connectivity index (χ2n) is 9.73. The lowest BCUT2D eigenvalue weighted by Crippen LogP contribution is -2.46. The first-order valence-corrected chi connectivity index (χ1v) is 11.9. The van der Waals surface area contributed by atoms with Crippen LogP contribution in [-0.2, 0) is 9.53 Å². The van der Waals surface area contributed by atoms with Crippen LogP contribution in [0.2, 0.25) is 0 Å². The normalized spacial score (nSPS) is 31.2. The highest BCUT2D eigenvalue weighted by molar-refractivity contribution is 5.80. The van der Waals surface area contributed by atoms with Gasteiger partial charge in [0, 0.05) is 57.0 Å². The second-order valence-corrected chi connectivity index (χ2v) is 9.73. The van der Waals surface area contributed by atoms with Crippen LogP contribution in [0, 0.1) is 11.8 Å². The highest BCUT2D eigenvalue weighted by Crippen LogP contribution is 2.40. The lowest BCUT2D eigenvalue weighted by atomic mass is 9.87. The zero-order chi connectivity index (χ0) is 20.8. The molecule has 4 saturated heterocycles. The topological polar surface area (TPSA) is 75.0 Å². The van der Waals surface area contributed by atoms with Crippen LogP contribution in [0.4, 0.5) is 5.82 Å². The molecular weight excluding hydrogens is 392 g/mol. The number of nitrogens with one attached hydrogen (secondary N) is 1. The number of carbonyl (C=O) groups is 1. The van der Waals surface area contributed by atoms with Crippen LogP contribution in [0.15, 0.2) is 24.8 Å². The lowest BCUT2D eigenvalue weighted by Gasteiger charge is -2.35. The van der Waals surface area contributed by atoms with Crippen molar-refractivity contribution in [3.05, 3.63) is 24.8 Å². The number of rotatable bonds is 5. The van der Waals surface area contributed by atoms with E-state index in [1.54, 1.807) is 0 Å². The minimum absolute atomic E-state index is 0.131. The minimum Gasteiger partial charge on any atom is -0.374 e. The van der Waals surface area contributed by atoms with E-state index in [2.05, 4.69) is 25.1 Å². The first-order valence-electron chi connectivity index (χ1n) is 11.9. The van der Waals surface area contributed by atoms with E-state index in [9.17, 15) is 4.79 Å². The molecule has 8 nitrogen and oxygen atoms in total. The molecule has 0 aliphatic carbocycles. The summed E-state index contributed by atoms with van der Waals surface area (Å²) in [6, 6.07) is 0.489. The summed E-state index contributed by atoms with van der Waals surface area (Å²) in [7, 11) is 0. The van der Waals surface area contributed by atoms with Crippen molar-refractivity contribution >= 4 is 17.4 Å². The molecule has 4 aliphatic rings. The van der Waals surface area contributed by atoms with Gasteiger partial charge in [0.1, 0.15) is 0 Å². The number of aromatic nitrogens is 3. The molecule has 1 N–H and O–H groups in total. The van der Waals surface area contributed by atoms with Crippen LogP contribution in [0.1, 0.15) is 38.5 Å². The molecule has 1 amide bonds. The number of nitrogens with zero attached hydrogens (tertiary/aromatic N) is 5. The molecule has 0 saturated carbocycles. The summed E-state index contributed by atoms with van der Waals surface area (Å²) in [5, 5.41) is 3.79. The molecule has 0 aromatic carbocycles. The number of likely N-dealkylation sites (tertiary alicyclic amines) is 1. The summed E-state index contributed by atoms with van der Waals surface area (Å²) in [5.41, 5.74) is 0.932. The van der Waals surface area contributed by atoms with Crippen molar-refractivity contribution < 1.29 is 9.53 Å². The number of hydrogen-bond donors (Lipinski definition) is 1. The summed E-state index contributed by atoms with van der Waals surface area (Å²) in [5.74, 6) is 2.12. The Hall–Kier alpha value is -2.19. The monoisotopic (exact) mass is 424 g/mol. The van der Waals surface area contributed by atoms with Crippen molar-refractivity contribution in [3.8, 4) is 0 Å². The number of fused-ring (bicyclic) bond motifs is 3. The smallest absolute Gasteiger partial charge is 0.228 e. The summed E-state index contributed by atoms with van der Waals surface area (Å²) in [6.45, 7) is 4.83. The number of carbonyl (C=O) groups excluding carboxylic acids is 1. The minimum atomic E-state index is 0.131. The molecule has 6 rings (SSSR count). The van der Waals surface area contributed by atoms with Crippen molar-refractivity contribution in [2.45, 2.75) is 56.8 Å². The Balaban J connectivity index is 0.968. The highest BCUT2D eigenvalue weighted by atomic mass is 16.5. The van der Waals surface area contributed by atoms with Crippen LogP contribution in [0.3, 0.4) is 0 Å². The van der Waals surface area contributed by atoms with Gasteiger partial charge in [-0.3, -0.25) is 4.79 Å². The third-order valence-corrected chi connectivity index (χ3v) is 7.83. The van der Waals surface area contributed by atoms with E-state index in [0.29, 0.717) is 24.0 Å². The first kappa shape index (κ1) is 19.5. The molecule has 4 fully saturated rings. The lowest BCUT2D eigenvalue weighted by molar-refractivity contribution is -0.138. The van der Waals surface area contributed by atoms with Crippen molar-refractivity contribution in [1.29, 1.82) is 0 Å². The molecule has 4 atom stereocenters. The summed E-state index contributed by atoms with van der Waals surface area (Å²) >= 11 is 0. The predicted molar refractivity (Wildman–Crippen MR) is 117 cm³/mol. The number of imidazole rings is 1. The van der Waals surface area contributed by atoms with Gasteiger partial charge in [-0.05, 0) is 51.0 Å². The number of piperidine rings is 1. The van der Waals surface area contributed by atoms with Crippen molar-refractivity contribution in [1.82, 2.24) is 24.6 Å². The zero-order valence-electron chi connectivity index (χ0n) is 18.0. The highest BCUT2D eigenvalue weighted by Gasteiger charge is 2.46. The molecule has 0 radical (unpaired) electrons. The quantitative estimate of drug-likeness (QED) is 0.788. The molecule has 166 valence electrons. The van der Waals surface area contributed by atoms with E-state index in [4.69, 9.17) is 4.74 Å². The van der Waals surface area contributed by atoms with E-state index in [0.717, 1.165) is 82.7 Å². The number of ether oxygens (including phenoxy) is 1. The Bertz CT molecular complexity index is 939. The van der Waals surface area contributed by atoms with Crippen LogP contribution in [0.25, 0.3) is 5.65 Å². The molecule has 6 heterocycles. The van der Waals surface area contributed by atoms with Gasteiger partial charge in [0.15, 0.2) is 11.5 Å². The second kappa shape index (κ2) is 8.06. The van der Waals surface area contributed by atoms with E-state index in [1.165, 1.54) is 0 Å². The first-order chi connectivity index (χ1) is 15.2. The average Bonchev–Trinajstić information content (AvgIpc) is 3.61. The SMILES string of the molecule is O=C([C@H]1C[C@@H]2CC[C@H]1O2)N1CCC(CN[C@H]2CCN(c3nccn4ccnc34)C2)CC1. The Kier molecular flexibility index (Phi) is 5.07. The van der Waals surface area contributed by atoms with Gasteiger partial charge in [-0.15, -0.1) is 0 Å².